The van der Waals surface area contributed by atoms with E-state index in [1.165, 1.54) is 23.4 Å². The largest absolute Gasteiger partial charge is 0.386 e. The molecule has 2 aliphatic rings. The summed E-state index contributed by atoms with van der Waals surface area (Å²) in [6.07, 6.45) is 4.76. The van der Waals surface area contributed by atoms with E-state index in [0.29, 0.717) is 0 Å². The number of likely N-dealkylation sites (tertiary alicyclic amines) is 1. The third kappa shape index (κ3) is 4.15. The highest BCUT2D eigenvalue weighted by Crippen LogP contribution is 2.51. The first-order chi connectivity index (χ1) is 15.5. The van der Waals surface area contributed by atoms with Gasteiger partial charge in [-0.2, -0.15) is 0 Å². The molecule has 1 fully saturated rings. The van der Waals surface area contributed by atoms with Crippen molar-refractivity contribution in [1.82, 2.24) is 4.90 Å². The minimum Gasteiger partial charge on any atom is -0.386 e. The van der Waals surface area contributed by atoms with Crippen molar-refractivity contribution in [2.75, 3.05) is 50.6 Å². The minimum absolute atomic E-state index is 0.0116. The minimum atomic E-state index is -0.386. The summed E-state index contributed by atoms with van der Waals surface area (Å²) >= 11 is 0. The Labute approximate surface area is 191 Å². The van der Waals surface area contributed by atoms with E-state index in [1.54, 1.807) is 7.11 Å². The maximum Gasteiger partial charge on any atom is 0.123 e. The number of benzene rings is 2. The summed E-state index contributed by atoms with van der Waals surface area (Å²) in [7, 11) is 3.69. The van der Waals surface area contributed by atoms with E-state index in [9.17, 15) is 4.39 Å². The molecule has 2 heterocycles. The van der Waals surface area contributed by atoms with Crippen LogP contribution in [-0.4, -0.2) is 50.9 Å². The molecule has 0 amide bonds. The second-order valence-corrected chi connectivity index (χ2v) is 8.91. The second kappa shape index (κ2) is 9.61. The molecule has 5 nitrogen and oxygen atoms in total. The maximum absolute atomic E-state index is 13.2. The molecular weight excluding hydrogens is 403 g/mol. The summed E-state index contributed by atoms with van der Waals surface area (Å²) in [4.78, 5) is 4.87. The molecule has 0 bridgehead atoms. The van der Waals surface area contributed by atoms with Gasteiger partial charge in [-0.3, -0.25) is 0 Å². The first-order valence-corrected chi connectivity index (χ1v) is 11.5. The molecule has 0 spiro atoms. The molecule has 32 heavy (non-hydrogen) atoms. The van der Waals surface area contributed by atoms with E-state index in [1.807, 2.05) is 25.3 Å². The van der Waals surface area contributed by atoms with Crippen LogP contribution < -0.4 is 16.0 Å². The summed E-state index contributed by atoms with van der Waals surface area (Å²) in [6, 6.07) is 13.1. The Kier molecular flexibility index (Phi) is 6.84. The number of hydrogen-bond acceptors (Lipinski definition) is 5. The van der Waals surface area contributed by atoms with Crippen LogP contribution in [0.25, 0.3) is 0 Å². The number of nitrogens with zero attached hydrogens (tertiary/aromatic N) is 2. The zero-order valence-electron chi connectivity index (χ0n) is 19.2. The molecule has 0 aliphatic carbocycles. The van der Waals surface area contributed by atoms with E-state index in [0.717, 1.165) is 56.7 Å². The first kappa shape index (κ1) is 22.8. The number of hydrogen-bond donors (Lipinski definition) is 2. The average molecular weight is 439 g/mol. The van der Waals surface area contributed by atoms with E-state index in [4.69, 9.17) is 10.5 Å². The van der Waals surface area contributed by atoms with Gasteiger partial charge in [-0.05, 0) is 55.1 Å². The van der Waals surface area contributed by atoms with Crippen molar-refractivity contribution in [2.45, 2.75) is 36.9 Å². The lowest BCUT2D eigenvalue weighted by Gasteiger charge is -2.47. The van der Waals surface area contributed by atoms with Crippen LogP contribution in [0, 0.1) is 5.82 Å². The van der Waals surface area contributed by atoms with Crippen LogP contribution in [-0.2, 0) is 4.74 Å². The van der Waals surface area contributed by atoms with E-state index >= 15 is 0 Å². The van der Waals surface area contributed by atoms with Gasteiger partial charge in [-0.1, -0.05) is 30.3 Å². The number of para-hydroxylation sites is 1. The summed E-state index contributed by atoms with van der Waals surface area (Å²) in [5.74, 6) is 0.0424. The number of nitrogens with two attached hydrogens (primary N) is 1. The highest BCUT2D eigenvalue weighted by molar-refractivity contribution is 5.79. The number of fused-ring (bicyclic) bond motifs is 3. The summed E-state index contributed by atoms with van der Waals surface area (Å²) in [5, 5.41) is 3.34. The molecule has 2 aliphatic heterocycles. The van der Waals surface area contributed by atoms with Crippen molar-refractivity contribution in [2.24, 2.45) is 5.73 Å². The van der Waals surface area contributed by atoms with Gasteiger partial charge in [-0.25, -0.2) is 4.39 Å². The normalized spacial score (nSPS) is 23.5. The van der Waals surface area contributed by atoms with Crippen LogP contribution in [0.5, 0.6) is 0 Å². The number of rotatable bonds is 9. The molecule has 6 heteroatoms. The SMILES string of the molecule is C=CCN1c2c(NC)cccc2C2CN(CCCC(OC)c3ccc(F)cc3)CCC21N. The molecule has 2 aromatic rings. The van der Waals surface area contributed by atoms with Crippen LogP contribution in [0.3, 0.4) is 0 Å². The third-order valence-corrected chi connectivity index (χ3v) is 7.14. The zero-order chi connectivity index (χ0) is 22.7. The molecule has 4 rings (SSSR count). The predicted octanol–water partition coefficient (Wildman–Crippen LogP) is 4.49. The molecule has 0 radical (unpaired) electrons. The molecule has 0 aromatic heterocycles. The number of halogens is 1. The van der Waals surface area contributed by atoms with Crippen LogP contribution in [0.4, 0.5) is 15.8 Å². The molecular formula is C26H35FN4O. The first-order valence-electron chi connectivity index (χ1n) is 11.5. The van der Waals surface area contributed by atoms with E-state index in [2.05, 4.69) is 39.9 Å². The summed E-state index contributed by atoms with van der Waals surface area (Å²) in [5.41, 5.74) is 11.4. The Morgan fingerprint density at radius 3 is 2.78 bits per heavy atom. The lowest BCUT2D eigenvalue weighted by molar-refractivity contribution is 0.0845. The van der Waals surface area contributed by atoms with E-state index in [-0.39, 0.29) is 23.5 Å². The van der Waals surface area contributed by atoms with Crippen molar-refractivity contribution in [3.63, 3.8) is 0 Å². The molecule has 172 valence electrons. The Balaban J connectivity index is 1.44. The molecule has 3 atom stereocenters. The van der Waals surface area contributed by atoms with Gasteiger partial charge >= 0.3 is 0 Å². The number of nitrogens with one attached hydrogen (secondary N) is 1. The van der Waals surface area contributed by atoms with Gasteiger partial charge in [0.2, 0.25) is 0 Å². The van der Waals surface area contributed by atoms with Crippen LogP contribution in [0.2, 0.25) is 0 Å². The van der Waals surface area contributed by atoms with Gasteiger partial charge in [-0.15, -0.1) is 6.58 Å². The molecule has 3 unspecified atom stereocenters. The van der Waals surface area contributed by atoms with Gasteiger partial charge in [0, 0.05) is 39.7 Å². The lowest BCUT2D eigenvalue weighted by Crippen LogP contribution is -2.62. The van der Waals surface area contributed by atoms with Gasteiger partial charge in [0.05, 0.1) is 23.1 Å². The highest BCUT2D eigenvalue weighted by atomic mass is 19.1. The van der Waals surface area contributed by atoms with E-state index < -0.39 is 0 Å². The van der Waals surface area contributed by atoms with Crippen molar-refractivity contribution >= 4 is 11.4 Å². The van der Waals surface area contributed by atoms with Crippen LogP contribution in [0.1, 0.15) is 42.4 Å². The predicted molar refractivity (Wildman–Crippen MR) is 130 cm³/mol. The number of methoxy groups -OCH3 is 1. The van der Waals surface area contributed by atoms with Crippen molar-refractivity contribution in [3.05, 3.63) is 72.1 Å². The Bertz CT molecular complexity index is 934. The third-order valence-electron chi connectivity index (χ3n) is 7.14. The number of ether oxygens (including phenoxy) is 1. The highest BCUT2D eigenvalue weighted by Gasteiger charge is 2.51. The van der Waals surface area contributed by atoms with Gasteiger partial charge in [0.15, 0.2) is 0 Å². The summed E-state index contributed by atoms with van der Waals surface area (Å²) < 4.78 is 18.9. The topological polar surface area (TPSA) is 53.8 Å². The van der Waals surface area contributed by atoms with Gasteiger partial charge in [0.25, 0.3) is 0 Å². The average Bonchev–Trinajstić information content (AvgIpc) is 3.06. The fourth-order valence-electron chi connectivity index (χ4n) is 5.46. The molecule has 0 saturated carbocycles. The smallest absolute Gasteiger partial charge is 0.123 e. The standard InChI is InChI=1S/C26H35FN4O/c1-4-15-31-25-21(7-5-8-23(25)29-2)22-18-30(17-14-26(22,31)28)16-6-9-24(32-3)19-10-12-20(27)13-11-19/h4-5,7-8,10-13,22,24,29H,1,6,9,14-18,28H2,2-3H3. The second-order valence-electron chi connectivity index (χ2n) is 8.91. The quantitative estimate of drug-likeness (QED) is 0.565. The lowest BCUT2D eigenvalue weighted by atomic mass is 9.83. The fourth-order valence-corrected chi connectivity index (χ4v) is 5.46. The number of piperidine rings is 1. The number of anilines is 2. The Morgan fingerprint density at radius 1 is 1.31 bits per heavy atom. The van der Waals surface area contributed by atoms with Crippen LogP contribution in [0.15, 0.2) is 55.1 Å². The molecule has 2 aromatic carbocycles. The molecule has 1 saturated heterocycles. The monoisotopic (exact) mass is 438 g/mol. The van der Waals surface area contributed by atoms with Crippen LogP contribution >= 0.6 is 0 Å². The molecule has 3 N–H and O–H groups in total. The Morgan fingerprint density at radius 2 is 2.09 bits per heavy atom. The van der Waals surface area contributed by atoms with Crippen molar-refractivity contribution < 1.29 is 9.13 Å². The zero-order valence-corrected chi connectivity index (χ0v) is 19.2. The van der Waals surface area contributed by atoms with Gasteiger partial charge < -0.3 is 25.6 Å². The van der Waals surface area contributed by atoms with Gasteiger partial charge in [0.1, 0.15) is 5.82 Å². The van der Waals surface area contributed by atoms with Crippen molar-refractivity contribution in [3.8, 4) is 0 Å². The van der Waals surface area contributed by atoms with Crippen molar-refractivity contribution in [1.29, 1.82) is 0 Å². The summed E-state index contributed by atoms with van der Waals surface area (Å²) in [6.45, 7) is 7.62. The Hall–Kier alpha value is -2.41. The maximum atomic E-state index is 13.2. The fraction of sp³-hybridized carbons (Fsp3) is 0.462.